The molecule has 32 heavy (non-hydrogen) atoms. The van der Waals surface area contributed by atoms with Crippen molar-refractivity contribution in [3.8, 4) is 5.88 Å². The monoisotopic (exact) mass is 472 g/mol. The number of aromatic nitrogens is 2. The van der Waals surface area contributed by atoms with Gasteiger partial charge in [0.1, 0.15) is 10.7 Å². The van der Waals surface area contributed by atoms with Gasteiger partial charge >= 0.3 is 6.18 Å². The number of hydrogen-bond acceptors (Lipinski definition) is 6. The number of aliphatic hydroxyl groups is 1. The van der Waals surface area contributed by atoms with Crippen molar-refractivity contribution < 1.29 is 32.6 Å². The average Bonchev–Trinajstić information content (AvgIpc) is 3.08. The second kappa shape index (κ2) is 9.29. The van der Waals surface area contributed by atoms with Crippen molar-refractivity contribution in [1.29, 1.82) is 0 Å². The van der Waals surface area contributed by atoms with Crippen molar-refractivity contribution in [1.82, 2.24) is 20.2 Å². The lowest BCUT2D eigenvalue weighted by Crippen LogP contribution is -2.36. The van der Waals surface area contributed by atoms with Crippen LogP contribution in [-0.2, 0) is 6.54 Å². The number of nitrogens with one attached hydrogen (secondary N) is 1. The van der Waals surface area contributed by atoms with Gasteiger partial charge in [0.2, 0.25) is 5.88 Å². The third kappa shape index (κ3) is 5.10. The molecule has 0 fully saturated rings. The van der Waals surface area contributed by atoms with Gasteiger partial charge in [-0.1, -0.05) is 11.6 Å². The summed E-state index contributed by atoms with van der Waals surface area (Å²) in [7, 11) is 0. The molecule has 0 bridgehead atoms. The minimum absolute atomic E-state index is 0.0814. The van der Waals surface area contributed by atoms with Crippen LogP contribution in [-0.4, -0.2) is 57.2 Å². The van der Waals surface area contributed by atoms with Crippen LogP contribution in [0, 0.1) is 0 Å². The van der Waals surface area contributed by atoms with E-state index in [1.165, 1.54) is 29.4 Å². The van der Waals surface area contributed by atoms with Crippen molar-refractivity contribution in [3.63, 3.8) is 0 Å². The minimum Gasteiger partial charge on any atom is -0.467 e. The van der Waals surface area contributed by atoms with Gasteiger partial charge in [-0.05, 0) is 31.5 Å². The average molecular weight is 473 g/mol. The van der Waals surface area contributed by atoms with Gasteiger partial charge in [-0.2, -0.15) is 13.2 Å². The molecule has 0 radical (unpaired) electrons. The Morgan fingerprint density at radius 2 is 2.09 bits per heavy atom. The first kappa shape index (κ1) is 23.7. The molecule has 172 valence electrons. The SMILES string of the molecule is CC(c1cnc(OCC(F)(F)F)c(Cl)c1)N1Cc2c(ccnc2C(=O)N[C@@H](C)CO)C1=O. The van der Waals surface area contributed by atoms with Crippen molar-refractivity contribution in [2.45, 2.75) is 38.7 Å². The highest BCUT2D eigenvalue weighted by Gasteiger charge is 2.35. The Hall–Kier alpha value is -2.92. The molecule has 2 aromatic rings. The molecule has 0 aromatic carbocycles. The minimum atomic E-state index is -4.53. The zero-order valence-electron chi connectivity index (χ0n) is 17.1. The summed E-state index contributed by atoms with van der Waals surface area (Å²) in [5.74, 6) is -1.22. The number of pyridine rings is 2. The molecule has 2 atom stereocenters. The van der Waals surface area contributed by atoms with E-state index >= 15 is 0 Å². The fraction of sp³-hybridized carbons (Fsp3) is 0.400. The molecule has 1 aliphatic heterocycles. The molecule has 2 aromatic heterocycles. The first-order valence-electron chi connectivity index (χ1n) is 9.57. The van der Waals surface area contributed by atoms with E-state index in [9.17, 15) is 22.8 Å². The predicted octanol–water partition coefficient (Wildman–Crippen LogP) is 2.90. The van der Waals surface area contributed by atoms with Crippen molar-refractivity contribution in [3.05, 3.63) is 51.9 Å². The van der Waals surface area contributed by atoms with Crippen LogP contribution >= 0.6 is 11.6 Å². The van der Waals surface area contributed by atoms with E-state index in [1.54, 1.807) is 13.8 Å². The van der Waals surface area contributed by atoms with E-state index in [-0.39, 0.29) is 35.7 Å². The van der Waals surface area contributed by atoms with Gasteiger partial charge in [0.25, 0.3) is 11.8 Å². The summed E-state index contributed by atoms with van der Waals surface area (Å²) in [5, 5.41) is 11.6. The lowest BCUT2D eigenvalue weighted by molar-refractivity contribution is -0.154. The predicted molar refractivity (Wildman–Crippen MR) is 107 cm³/mol. The van der Waals surface area contributed by atoms with Crippen LogP contribution in [0.15, 0.2) is 24.5 Å². The van der Waals surface area contributed by atoms with Crippen LogP contribution in [0.1, 0.15) is 51.9 Å². The summed E-state index contributed by atoms with van der Waals surface area (Å²) in [6.45, 7) is 1.64. The number of amides is 2. The number of hydrogen-bond donors (Lipinski definition) is 2. The van der Waals surface area contributed by atoms with Crippen molar-refractivity contribution in [2.75, 3.05) is 13.2 Å². The summed E-state index contributed by atoms with van der Waals surface area (Å²) >= 11 is 6.02. The molecule has 1 unspecified atom stereocenters. The lowest BCUT2D eigenvalue weighted by Gasteiger charge is -2.25. The maximum Gasteiger partial charge on any atom is 0.422 e. The molecule has 2 N–H and O–H groups in total. The topological polar surface area (TPSA) is 105 Å². The summed E-state index contributed by atoms with van der Waals surface area (Å²) in [4.78, 5) is 34.9. The zero-order valence-corrected chi connectivity index (χ0v) is 17.9. The Labute approximate surface area is 186 Å². The first-order valence-corrected chi connectivity index (χ1v) is 9.95. The summed E-state index contributed by atoms with van der Waals surface area (Å²) in [6, 6.07) is 1.86. The number of rotatable bonds is 7. The lowest BCUT2D eigenvalue weighted by atomic mass is 10.1. The largest absolute Gasteiger partial charge is 0.467 e. The van der Waals surface area contributed by atoms with E-state index < -0.39 is 30.8 Å². The Morgan fingerprint density at radius 1 is 1.38 bits per heavy atom. The number of ether oxygens (including phenoxy) is 1. The molecule has 3 rings (SSSR count). The van der Waals surface area contributed by atoms with Gasteiger partial charge in [-0.3, -0.25) is 14.6 Å². The van der Waals surface area contributed by atoms with Gasteiger partial charge in [0.15, 0.2) is 6.61 Å². The van der Waals surface area contributed by atoms with Crippen molar-refractivity contribution >= 4 is 23.4 Å². The van der Waals surface area contributed by atoms with E-state index in [0.717, 1.165) is 0 Å². The Morgan fingerprint density at radius 3 is 2.72 bits per heavy atom. The van der Waals surface area contributed by atoms with Gasteiger partial charge in [-0.15, -0.1) is 0 Å². The molecule has 8 nitrogen and oxygen atoms in total. The molecule has 0 spiro atoms. The number of aliphatic hydroxyl groups excluding tert-OH is 1. The Balaban J connectivity index is 1.80. The molecule has 3 heterocycles. The fourth-order valence-corrected chi connectivity index (χ4v) is 3.43. The summed E-state index contributed by atoms with van der Waals surface area (Å²) < 4.78 is 41.7. The van der Waals surface area contributed by atoms with Crippen LogP contribution in [0.4, 0.5) is 13.2 Å². The maximum atomic E-state index is 13.0. The van der Waals surface area contributed by atoms with Gasteiger partial charge in [0, 0.05) is 36.1 Å². The number of halogens is 4. The van der Waals surface area contributed by atoms with Crippen LogP contribution in [0.3, 0.4) is 0 Å². The highest BCUT2D eigenvalue weighted by Crippen LogP contribution is 2.34. The van der Waals surface area contributed by atoms with E-state index in [4.69, 9.17) is 16.7 Å². The highest BCUT2D eigenvalue weighted by molar-refractivity contribution is 6.31. The van der Waals surface area contributed by atoms with Crippen LogP contribution in [0.5, 0.6) is 5.88 Å². The van der Waals surface area contributed by atoms with Gasteiger partial charge in [0.05, 0.1) is 12.6 Å². The zero-order chi connectivity index (χ0) is 23.6. The number of carbonyl (C=O) groups is 2. The number of alkyl halides is 3. The van der Waals surface area contributed by atoms with E-state index in [1.807, 2.05) is 0 Å². The molecule has 0 saturated heterocycles. The van der Waals surface area contributed by atoms with Gasteiger partial charge in [-0.25, -0.2) is 4.98 Å². The number of nitrogens with zero attached hydrogens (tertiary/aromatic N) is 3. The number of fused-ring (bicyclic) bond motifs is 1. The molecule has 2 amide bonds. The second-order valence-corrected chi connectivity index (χ2v) is 7.72. The smallest absolute Gasteiger partial charge is 0.422 e. The van der Waals surface area contributed by atoms with Gasteiger partial charge < -0.3 is 20.1 Å². The summed E-state index contributed by atoms with van der Waals surface area (Å²) in [6.07, 6.45) is -1.89. The highest BCUT2D eigenvalue weighted by atomic mass is 35.5. The molecular weight excluding hydrogens is 453 g/mol. The molecule has 12 heteroatoms. The maximum absolute atomic E-state index is 13.0. The van der Waals surface area contributed by atoms with E-state index in [2.05, 4.69) is 20.0 Å². The van der Waals surface area contributed by atoms with Crippen LogP contribution < -0.4 is 10.1 Å². The second-order valence-electron chi connectivity index (χ2n) is 7.31. The van der Waals surface area contributed by atoms with Crippen LogP contribution in [0.25, 0.3) is 0 Å². The van der Waals surface area contributed by atoms with Crippen LogP contribution in [0.2, 0.25) is 5.02 Å². The molecule has 0 saturated carbocycles. The molecular formula is C20H20ClF3N4O4. The summed E-state index contributed by atoms with van der Waals surface area (Å²) in [5.41, 5.74) is 1.32. The third-order valence-electron chi connectivity index (χ3n) is 4.89. The fourth-order valence-electron chi connectivity index (χ4n) is 3.20. The number of carbonyl (C=O) groups excluding carboxylic acids is 2. The van der Waals surface area contributed by atoms with Crippen molar-refractivity contribution in [2.24, 2.45) is 0 Å². The third-order valence-corrected chi connectivity index (χ3v) is 5.16. The molecule has 0 aliphatic carbocycles. The molecule has 1 aliphatic rings. The Kier molecular flexibility index (Phi) is 6.89. The van der Waals surface area contributed by atoms with E-state index in [0.29, 0.717) is 16.7 Å². The standard InChI is InChI=1S/C20H20ClF3N4O4/c1-10(8-29)27-17(30)16-14-7-28(19(31)13(14)3-4-25-16)11(2)12-5-15(21)18(26-6-12)32-9-20(22,23)24/h3-6,10-11,29H,7-9H2,1-2H3,(H,27,30)/t10-,11?/m0/s1. The quantitative estimate of drug-likeness (QED) is 0.642. The normalized spacial score (nSPS) is 15.3. The first-order chi connectivity index (χ1) is 15.0. The Bertz CT molecular complexity index is 1030.